The van der Waals surface area contributed by atoms with E-state index in [2.05, 4.69) is 0 Å². The summed E-state index contributed by atoms with van der Waals surface area (Å²) >= 11 is 5.95. The number of carbonyl (C=O) groups is 1. The van der Waals surface area contributed by atoms with Crippen LogP contribution in [0, 0.1) is 17.8 Å². The van der Waals surface area contributed by atoms with Gasteiger partial charge >= 0.3 is 5.97 Å². The van der Waals surface area contributed by atoms with Gasteiger partial charge in [-0.25, -0.2) is 4.79 Å². The number of carbonyl (C=O) groups excluding carboxylic acids is 1. The quantitative estimate of drug-likeness (QED) is 0.390. The standard InChI is InChI=1S/C25H35ClO7/c1-16(2)33-25(29)15-30-12-17-6-8-22-21(23(28)11-24(22)32-13-17)9-7-19(27)14-31-20-5-3-4-18(26)10-20/h3-5,7,9-10,16-17,19,21-24,27-28H,6,8,11-15H2,1-2H3/b9-7+/t17-,19-,21-,22-,23-,24+/m1/s1. The molecule has 1 aliphatic heterocycles. The fourth-order valence-corrected chi connectivity index (χ4v) is 4.68. The van der Waals surface area contributed by atoms with Crippen molar-refractivity contribution in [3.8, 4) is 5.75 Å². The van der Waals surface area contributed by atoms with E-state index in [1.54, 1.807) is 44.2 Å². The predicted octanol–water partition coefficient (Wildman–Crippen LogP) is 3.40. The predicted molar refractivity (Wildman–Crippen MR) is 124 cm³/mol. The molecule has 1 heterocycles. The molecule has 0 bridgehead atoms. The molecule has 7 nitrogen and oxygen atoms in total. The lowest BCUT2D eigenvalue weighted by atomic mass is 9.87. The number of aliphatic hydroxyl groups is 2. The molecule has 2 aliphatic rings. The minimum atomic E-state index is -0.798. The molecule has 3 rings (SSSR count). The van der Waals surface area contributed by atoms with E-state index in [0.717, 1.165) is 12.8 Å². The number of esters is 1. The van der Waals surface area contributed by atoms with Crippen LogP contribution in [0.3, 0.4) is 0 Å². The Hall–Kier alpha value is -1.64. The SMILES string of the molecule is CC(C)OC(=O)COC[C@H]1CC[C@@H]2[C@@H](/C=C/[C@@H](O)COc3cccc(Cl)c3)[C@H](O)C[C@@H]2OC1. The van der Waals surface area contributed by atoms with Gasteiger partial charge in [-0.3, -0.25) is 0 Å². The van der Waals surface area contributed by atoms with Crippen molar-refractivity contribution < 1.29 is 34.0 Å². The Labute approximate surface area is 200 Å². The van der Waals surface area contributed by atoms with Gasteiger partial charge in [-0.1, -0.05) is 29.8 Å². The summed E-state index contributed by atoms with van der Waals surface area (Å²) in [5.41, 5.74) is 0. The van der Waals surface area contributed by atoms with Gasteiger partial charge in [-0.15, -0.1) is 0 Å². The van der Waals surface area contributed by atoms with E-state index >= 15 is 0 Å². The third-order valence-corrected chi connectivity index (χ3v) is 6.29. The first-order valence-electron chi connectivity index (χ1n) is 11.6. The largest absolute Gasteiger partial charge is 0.491 e. The number of fused-ring (bicyclic) bond motifs is 1. The minimum absolute atomic E-state index is 0.0228. The molecule has 0 spiro atoms. The molecule has 0 unspecified atom stereocenters. The zero-order valence-electron chi connectivity index (χ0n) is 19.3. The maximum atomic E-state index is 11.6. The summed E-state index contributed by atoms with van der Waals surface area (Å²) in [4.78, 5) is 11.6. The van der Waals surface area contributed by atoms with Gasteiger partial charge in [0.25, 0.3) is 0 Å². The van der Waals surface area contributed by atoms with Gasteiger partial charge in [0.05, 0.1) is 31.5 Å². The first-order valence-corrected chi connectivity index (χ1v) is 12.0. The number of halogens is 1. The molecular weight excluding hydrogens is 448 g/mol. The molecule has 1 aromatic carbocycles. The average Bonchev–Trinajstić information content (AvgIpc) is 2.92. The Morgan fingerprint density at radius 2 is 2.15 bits per heavy atom. The average molecular weight is 483 g/mol. The van der Waals surface area contributed by atoms with Crippen LogP contribution in [0.4, 0.5) is 0 Å². The molecule has 1 aromatic rings. The summed E-state index contributed by atoms with van der Waals surface area (Å²) in [5.74, 6) is 0.520. The Bertz CT molecular complexity index is 784. The number of ether oxygens (including phenoxy) is 4. The monoisotopic (exact) mass is 482 g/mol. The first-order chi connectivity index (χ1) is 15.8. The third-order valence-electron chi connectivity index (χ3n) is 6.06. The topological polar surface area (TPSA) is 94.5 Å². The van der Waals surface area contributed by atoms with E-state index in [1.165, 1.54) is 0 Å². The number of benzene rings is 1. The number of rotatable bonds is 10. The Morgan fingerprint density at radius 3 is 2.91 bits per heavy atom. The highest BCUT2D eigenvalue weighted by atomic mass is 35.5. The molecule has 0 amide bonds. The smallest absolute Gasteiger partial charge is 0.332 e. The van der Waals surface area contributed by atoms with E-state index in [-0.39, 0.29) is 49.1 Å². The van der Waals surface area contributed by atoms with Crippen LogP contribution in [0.25, 0.3) is 0 Å². The molecule has 8 heteroatoms. The lowest BCUT2D eigenvalue weighted by Crippen LogP contribution is -2.22. The highest BCUT2D eigenvalue weighted by molar-refractivity contribution is 6.30. The van der Waals surface area contributed by atoms with Crippen molar-refractivity contribution in [2.75, 3.05) is 26.4 Å². The van der Waals surface area contributed by atoms with Crippen LogP contribution in [0.5, 0.6) is 5.75 Å². The molecule has 2 N–H and O–H groups in total. The molecule has 33 heavy (non-hydrogen) atoms. The maximum absolute atomic E-state index is 11.6. The fourth-order valence-electron chi connectivity index (χ4n) is 4.50. The van der Waals surface area contributed by atoms with Gasteiger partial charge < -0.3 is 29.2 Å². The fraction of sp³-hybridized carbons (Fsp3) is 0.640. The van der Waals surface area contributed by atoms with Crippen molar-refractivity contribution in [1.29, 1.82) is 0 Å². The molecule has 2 fully saturated rings. The Balaban J connectivity index is 1.45. The van der Waals surface area contributed by atoms with Crippen molar-refractivity contribution in [2.24, 2.45) is 17.8 Å². The van der Waals surface area contributed by atoms with E-state index < -0.39 is 12.2 Å². The van der Waals surface area contributed by atoms with Gasteiger partial charge in [-0.05, 0) is 50.8 Å². The Kier molecular flexibility index (Phi) is 10.0. The van der Waals surface area contributed by atoms with E-state index in [1.807, 2.05) is 6.08 Å². The van der Waals surface area contributed by atoms with Crippen LogP contribution in [-0.2, 0) is 19.0 Å². The Morgan fingerprint density at radius 1 is 1.33 bits per heavy atom. The van der Waals surface area contributed by atoms with E-state index in [0.29, 0.717) is 30.4 Å². The van der Waals surface area contributed by atoms with Crippen molar-refractivity contribution in [1.82, 2.24) is 0 Å². The van der Waals surface area contributed by atoms with Crippen LogP contribution in [-0.4, -0.2) is 67.0 Å². The number of aliphatic hydroxyl groups excluding tert-OH is 2. The van der Waals surface area contributed by atoms with Crippen LogP contribution in [0.15, 0.2) is 36.4 Å². The lowest BCUT2D eigenvalue weighted by molar-refractivity contribution is -0.153. The maximum Gasteiger partial charge on any atom is 0.332 e. The molecule has 1 saturated heterocycles. The highest BCUT2D eigenvalue weighted by Crippen LogP contribution is 2.41. The molecule has 184 valence electrons. The van der Waals surface area contributed by atoms with Crippen molar-refractivity contribution >= 4 is 17.6 Å². The molecule has 1 aliphatic carbocycles. The summed E-state index contributed by atoms with van der Waals surface area (Å²) < 4.78 is 22.3. The van der Waals surface area contributed by atoms with Crippen molar-refractivity contribution in [3.63, 3.8) is 0 Å². The summed E-state index contributed by atoms with van der Waals surface area (Å²) in [6, 6.07) is 7.02. The molecule has 0 radical (unpaired) electrons. The van der Waals surface area contributed by atoms with Crippen LogP contribution < -0.4 is 4.74 Å². The second-order valence-electron chi connectivity index (χ2n) is 9.13. The summed E-state index contributed by atoms with van der Waals surface area (Å²) in [7, 11) is 0. The third kappa shape index (κ3) is 8.26. The van der Waals surface area contributed by atoms with E-state index in [9.17, 15) is 15.0 Å². The van der Waals surface area contributed by atoms with Crippen LogP contribution >= 0.6 is 11.6 Å². The number of hydrogen-bond acceptors (Lipinski definition) is 7. The second kappa shape index (κ2) is 12.7. The number of hydrogen-bond donors (Lipinski definition) is 2. The summed E-state index contributed by atoms with van der Waals surface area (Å²) in [6.45, 7) is 4.64. The zero-order valence-corrected chi connectivity index (χ0v) is 20.0. The van der Waals surface area contributed by atoms with Crippen LogP contribution in [0.2, 0.25) is 5.02 Å². The normalized spacial score (nSPS) is 28.5. The molecule has 1 saturated carbocycles. The molecule has 0 aromatic heterocycles. The van der Waals surface area contributed by atoms with Gasteiger partial charge in [0.1, 0.15) is 25.1 Å². The van der Waals surface area contributed by atoms with Gasteiger partial charge in [-0.2, -0.15) is 0 Å². The van der Waals surface area contributed by atoms with Crippen molar-refractivity contribution in [3.05, 3.63) is 41.4 Å². The molecule has 6 atom stereocenters. The molecular formula is C25H35ClO7. The van der Waals surface area contributed by atoms with Gasteiger partial charge in [0.15, 0.2) is 0 Å². The van der Waals surface area contributed by atoms with E-state index in [4.69, 9.17) is 30.5 Å². The summed E-state index contributed by atoms with van der Waals surface area (Å²) in [6.07, 6.45) is 4.45. The lowest BCUT2D eigenvalue weighted by Gasteiger charge is -2.21. The summed E-state index contributed by atoms with van der Waals surface area (Å²) in [5, 5.41) is 21.4. The van der Waals surface area contributed by atoms with Gasteiger partial charge in [0, 0.05) is 23.3 Å². The zero-order chi connectivity index (χ0) is 23.8. The van der Waals surface area contributed by atoms with Crippen molar-refractivity contribution in [2.45, 2.75) is 57.5 Å². The highest BCUT2D eigenvalue weighted by Gasteiger charge is 2.43. The minimum Gasteiger partial charge on any atom is -0.491 e. The second-order valence-corrected chi connectivity index (χ2v) is 9.57. The first kappa shape index (κ1) is 26.0. The van der Waals surface area contributed by atoms with Gasteiger partial charge in [0.2, 0.25) is 0 Å². The van der Waals surface area contributed by atoms with Crippen LogP contribution in [0.1, 0.15) is 33.1 Å².